The summed E-state index contributed by atoms with van der Waals surface area (Å²) in [5, 5.41) is 6.64. The van der Waals surface area contributed by atoms with E-state index >= 15 is 0 Å². The smallest absolute Gasteiger partial charge is 0.216 e. The van der Waals surface area contributed by atoms with E-state index in [2.05, 4.69) is 15.5 Å². The van der Waals surface area contributed by atoms with E-state index in [4.69, 9.17) is 0 Å². The first-order valence-corrected chi connectivity index (χ1v) is 7.46. The SMILES string of the molecule is CC(=O)NC[C@H]1[C@@H]2CNC[C@@H](C2)[C@@H]2CCCCN21. The first-order chi connectivity index (χ1) is 8.75. The minimum atomic E-state index is 0.106. The Labute approximate surface area is 109 Å². The van der Waals surface area contributed by atoms with Crippen molar-refractivity contribution in [1.29, 1.82) is 0 Å². The molecule has 0 unspecified atom stereocenters. The molecule has 3 rings (SSSR count). The van der Waals surface area contributed by atoms with Gasteiger partial charge in [0.25, 0.3) is 0 Å². The predicted octanol–water partition coefficient (Wildman–Crippen LogP) is 0.585. The Bertz CT molecular complexity index is 320. The van der Waals surface area contributed by atoms with Gasteiger partial charge in [0.2, 0.25) is 5.91 Å². The van der Waals surface area contributed by atoms with Crippen molar-refractivity contribution >= 4 is 5.91 Å². The van der Waals surface area contributed by atoms with Crippen LogP contribution in [-0.2, 0) is 4.79 Å². The zero-order valence-electron chi connectivity index (χ0n) is 11.3. The number of carbonyl (C=O) groups is 1. The monoisotopic (exact) mass is 251 g/mol. The summed E-state index contributed by atoms with van der Waals surface area (Å²) in [5.41, 5.74) is 0. The third-order valence-corrected chi connectivity index (χ3v) is 5.09. The second-order valence-corrected chi connectivity index (χ2v) is 6.22. The van der Waals surface area contributed by atoms with Crippen LogP contribution in [0.2, 0.25) is 0 Å². The van der Waals surface area contributed by atoms with Gasteiger partial charge < -0.3 is 10.6 Å². The molecule has 3 fully saturated rings. The van der Waals surface area contributed by atoms with E-state index in [1.54, 1.807) is 6.92 Å². The molecule has 2 N–H and O–H groups in total. The molecule has 4 nitrogen and oxygen atoms in total. The predicted molar refractivity (Wildman–Crippen MR) is 71.3 cm³/mol. The van der Waals surface area contributed by atoms with Crippen LogP contribution in [0.4, 0.5) is 0 Å². The highest BCUT2D eigenvalue weighted by atomic mass is 16.1. The molecule has 4 atom stereocenters. The summed E-state index contributed by atoms with van der Waals surface area (Å²) in [6.45, 7) is 6.03. The van der Waals surface area contributed by atoms with E-state index in [0.717, 1.165) is 31.0 Å². The minimum absolute atomic E-state index is 0.106. The fourth-order valence-corrected chi connectivity index (χ4v) is 4.30. The van der Waals surface area contributed by atoms with Gasteiger partial charge in [-0.05, 0) is 50.7 Å². The lowest BCUT2D eigenvalue weighted by Gasteiger charge is -2.55. The summed E-state index contributed by atoms with van der Waals surface area (Å²) < 4.78 is 0. The van der Waals surface area contributed by atoms with Crippen molar-refractivity contribution in [1.82, 2.24) is 15.5 Å². The molecule has 1 amide bonds. The first-order valence-electron chi connectivity index (χ1n) is 7.46. The minimum Gasteiger partial charge on any atom is -0.355 e. The lowest BCUT2D eigenvalue weighted by molar-refractivity contribution is -0.120. The van der Waals surface area contributed by atoms with E-state index in [1.807, 2.05) is 0 Å². The van der Waals surface area contributed by atoms with Gasteiger partial charge in [-0.2, -0.15) is 0 Å². The van der Waals surface area contributed by atoms with Crippen molar-refractivity contribution in [3.8, 4) is 0 Å². The molecule has 2 bridgehead atoms. The van der Waals surface area contributed by atoms with Gasteiger partial charge in [-0.1, -0.05) is 6.42 Å². The maximum absolute atomic E-state index is 11.2. The van der Waals surface area contributed by atoms with E-state index < -0.39 is 0 Å². The van der Waals surface area contributed by atoms with Crippen LogP contribution in [0.3, 0.4) is 0 Å². The molecule has 0 radical (unpaired) electrons. The number of hydrogen-bond acceptors (Lipinski definition) is 3. The van der Waals surface area contributed by atoms with Gasteiger partial charge in [0.15, 0.2) is 0 Å². The number of amides is 1. The van der Waals surface area contributed by atoms with Crippen molar-refractivity contribution in [2.24, 2.45) is 11.8 Å². The molecular weight excluding hydrogens is 226 g/mol. The molecule has 0 saturated carbocycles. The number of rotatable bonds is 2. The van der Waals surface area contributed by atoms with Crippen LogP contribution in [0.25, 0.3) is 0 Å². The lowest BCUT2D eigenvalue weighted by atomic mass is 9.73. The highest BCUT2D eigenvalue weighted by Crippen LogP contribution is 2.38. The summed E-state index contributed by atoms with van der Waals surface area (Å²) in [7, 11) is 0. The van der Waals surface area contributed by atoms with E-state index in [1.165, 1.54) is 38.8 Å². The quantitative estimate of drug-likeness (QED) is 0.755. The Kier molecular flexibility index (Phi) is 3.57. The van der Waals surface area contributed by atoms with Crippen molar-refractivity contribution in [2.75, 3.05) is 26.2 Å². The third kappa shape index (κ3) is 2.28. The number of piperidine rings is 3. The van der Waals surface area contributed by atoms with Crippen molar-refractivity contribution < 1.29 is 4.79 Å². The van der Waals surface area contributed by atoms with Crippen molar-refractivity contribution in [3.05, 3.63) is 0 Å². The number of nitrogens with one attached hydrogen (secondary N) is 2. The lowest BCUT2D eigenvalue weighted by Crippen LogP contribution is -2.65. The van der Waals surface area contributed by atoms with Gasteiger partial charge in [-0.25, -0.2) is 0 Å². The topological polar surface area (TPSA) is 44.4 Å². The summed E-state index contributed by atoms with van der Waals surface area (Å²) >= 11 is 0. The standard InChI is InChI=1S/C14H25N3O/c1-10(18)16-9-14-12-6-11(7-15-8-12)13-4-2-3-5-17(13)14/h11-15H,2-9H2,1H3,(H,16,18)/t11-,12+,13+,14+/m1/s1. The first kappa shape index (κ1) is 12.4. The van der Waals surface area contributed by atoms with Crippen LogP contribution in [-0.4, -0.2) is 49.1 Å². The van der Waals surface area contributed by atoms with Crippen LogP contribution in [0, 0.1) is 11.8 Å². The Hall–Kier alpha value is -0.610. The number of nitrogens with zero attached hydrogens (tertiary/aromatic N) is 1. The zero-order chi connectivity index (χ0) is 12.5. The van der Waals surface area contributed by atoms with Crippen LogP contribution >= 0.6 is 0 Å². The summed E-state index contributed by atoms with van der Waals surface area (Å²) in [5.74, 6) is 1.68. The molecule has 3 aliphatic heterocycles. The third-order valence-electron chi connectivity index (χ3n) is 5.09. The molecule has 0 aromatic carbocycles. The Morgan fingerprint density at radius 2 is 2.17 bits per heavy atom. The van der Waals surface area contributed by atoms with Crippen LogP contribution in [0.1, 0.15) is 32.6 Å². The van der Waals surface area contributed by atoms with E-state index in [-0.39, 0.29) is 5.91 Å². The Balaban J connectivity index is 1.74. The summed E-state index contributed by atoms with van der Waals surface area (Å²) in [6.07, 6.45) is 5.43. The molecular formula is C14H25N3O. The van der Waals surface area contributed by atoms with Gasteiger partial charge in [0.1, 0.15) is 0 Å². The molecule has 3 aliphatic rings. The fourth-order valence-electron chi connectivity index (χ4n) is 4.30. The second kappa shape index (κ2) is 5.17. The normalized spacial score (nSPS) is 40.1. The van der Waals surface area contributed by atoms with Crippen LogP contribution < -0.4 is 10.6 Å². The highest BCUT2D eigenvalue weighted by molar-refractivity contribution is 5.72. The van der Waals surface area contributed by atoms with Gasteiger partial charge in [0.05, 0.1) is 0 Å². The molecule has 102 valence electrons. The summed E-state index contributed by atoms with van der Waals surface area (Å²) in [6, 6.07) is 1.32. The second-order valence-electron chi connectivity index (χ2n) is 6.22. The number of fused-ring (bicyclic) bond motifs is 4. The van der Waals surface area contributed by atoms with Gasteiger partial charge in [-0.15, -0.1) is 0 Å². The maximum Gasteiger partial charge on any atom is 0.216 e. The molecule has 3 saturated heterocycles. The highest BCUT2D eigenvalue weighted by Gasteiger charge is 2.44. The average Bonchev–Trinajstić information content (AvgIpc) is 2.39. The average molecular weight is 251 g/mol. The van der Waals surface area contributed by atoms with Crippen molar-refractivity contribution in [2.45, 2.75) is 44.7 Å². The van der Waals surface area contributed by atoms with Crippen molar-refractivity contribution in [3.63, 3.8) is 0 Å². The number of hydrogen-bond donors (Lipinski definition) is 2. The molecule has 0 spiro atoms. The molecule has 0 aromatic rings. The summed E-state index contributed by atoms with van der Waals surface area (Å²) in [4.78, 5) is 13.9. The molecule has 0 aromatic heterocycles. The van der Waals surface area contributed by atoms with Gasteiger partial charge in [-0.3, -0.25) is 9.69 Å². The number of carbonyl (C=O) groups excluding carboxylic acids is 1. The molecule has 4 heteroatoms. The zero-order valence-corrected chi connectivity index (χ0v) is 11.3. The Morgan fingerprint density at radius 1 is 1.33 bits per heavy atom. The maximum atomic E-state index is 11.2. The van der Waals surface area contributed by atoms with Crippen LogP contribution in [0.15, 0.2) is 0 Å². The molecule has 0 aliphatic carbocycles. The molecule has 3 heterocycles. The van der Waals surface area contributed by atoms with Crippen LogP contribution in [0.5, 0.6) is 0 Å². The van der Waals surface area contributed by atoms with E-state index in [0.29, 0.717) is 6.04 Å². The van der Waals surface area contributed by atoms with Gasteiger partial charge >= 0.3 is 0 Å². The Morgan fingerprint density at radius 3 is 3.00 bits per heavy atom. The largest absolute Gasteiger partial charge is 0.355 e. The molecule has 18 heavy (non-hydrogen) atoms. The fraction of sp³-hybridized carbons (Fsp3) is 0.929. The van der Waals surface area contributed by atoms with E-state index in [9.17, 15) is 4.79 Å². The van der Waals surface area contributed by atoms with Gasteiger partial charge in [0, 0.05) is 25.6 Å².